The lowest BCUT2D eigenvalue weighted by Gasteiger charge is -2.29. The van der Waals surface area contributed by atoms with E-state index in [1.54, 1.807) is 24.3 Å². The van der Waals surface area contributed by atoms with Gasteiger partial charge in [0.2, 0.25) is 11.8 Å². The first kappa shape index (κ1) is 49.8. The van der Waals surface area contributed by atoms with Crippen LogP contribution in [0.5, 0.6) is 11.8 Å². The maximum absolute atomic E-state index is 15.6. The van der Waals surface area contributed by atoms with Gasteiger partial charge >= 0.3 is 0 Å². The molecule has 4 aromatic carbocycles. The summed E-state index contributed by atoms with van der Waals surface area (Å²) in [4.78, 5) is 12.1. The van der Waals surface area contributed by atoms with Crippen molar-refractivity contribution in [1.82, 2.24) is 30.4 Å². The number of halogens is 6. The van der Waals surface area contributed by atoms with Crippen LogP contribution in [0.25, 0.3) is 44.1 Å². The lowest BCUT2D eigenvalue weighted by molar-refractivity contribution is 0.122. The molecule has 6 heterocycles. The quantitative estimate of drug-likeness (QED) is 0.0949. The number of pyridine rings is 2. The average molecular weight is 1030 g/mol. The van der Waals surface area contributed by atoms with Crippen molar-refractivity contribution in [2.24, 2.45) is 0 Å². The third-order valence-electron chi connectivity index (χ3n) is 12.2. The highest BCUT2D eigenvalue weighted by Gasteiger charge is 2.26. The smallest absolute Gasteiger partial charge is 0.233 e. The van der Waals surface area contributed by atoms with Gasteiger partial charge < -0.3 is 50.4 Å². The monoisotopic (exact) mass is 1030 g/mol. The van der Waals surface area contributed by atoms with Crippen molar-refractivity contribution in [3.05, 3.63) is 141 Å². The first-order valence-electron chi connectivity index (χ1n) is 22.3. The predicted octanol–water partition coefficient (Wildman–Crippen LogP) is 8.27. The van der Waals surface area contributed by atoms with E-state index in [9.17, 15) is 10.2 Å². The van der Waals surface area contributed by atoms with E-state index >= 15 is 17.6 Å². The third kappa shape index (κ3) is 10.0. The molecular weight excluding hydrogens is 984 g/mol. The maximum atomic E-state index is 15.6. The van der Waals surface area contributed by atoms with Crippen molar-refractivity contribution in [3.8, 4) is 34.0 Å². The molecule has 2 atom stereocenters. The SMILES string of the molecule is COc1ccc([C@@H](O)c2cc(-c3cc(N)nc4c(F)c(N5CCOCC5)ccc34)c(F)cc2Cl)nn1.COc1ccc([C@H](O)c2cc(-c3cc(N)nc4c(F)c(N5CCOCC5)ccc34)c(F)cc2Cl)nn1. The lowest BCUT2D eigenvalue weighted by atomic mass is 9.95. The third-order valence-corrected chi connectivity index (χ3v) is 12.8. The minimum atomic E-state index is -1.30. The number of nitrogen functional groups attached to an aromatic ring is 2. The van der Waals surface area contributed by atoms with Gasteiger partial charge in [-0.15, -0.1) is 20.4 Å². The Morgan fingerprint density at radius 1 is 0.542 bits per heavy atom. The van der Waals surface area contributed by atoms with Crippen LogP contribution in [0.1, 0.15) is 34.7 Å². The summed E-state index contributed by atoms with van der Waals surface area (Å²) in [6.45, 7) is 4.13. The zero-order valence-electron chi connectivity index (χ0n) is 38.4. The number of aromatic nitrogens is 6. The van der Waals surface area contributed by atoms with Crippen molar-refractivity contribution in [2.45, 2.75) is 12.2 Å². The first-order chi connectivity index (χ1) is 34.7. The van der Waals surface area contributed by atoms with E-state index in [-0.39, 0.29) is 78.1 Å². The van der Waals surface area contributed by atoms with E-state index in [1.807, 2.05) is 9.80 Å². The Morgan fingerprint density at radius 2 is 0.931 bits per heavy atom. The molecule has 0 bridgehead atoms. The second-order valence-corrected chi connectivity index (χ2v) is 17.3. The Morgan fingerprint density at radius 3 is 1.28 bits per heavy atom. The number of ether oxygens (including phenoxy) is 4. The number of hydrogen-bond donors (Lipinski definition) is 4. The maximum Gasteiger partial charge on any atom is 0.233 e. The van der Waals surface area contributed by atoms with Crippen LogP contribution in [-0.4, -0.2) is 107 Å². The van der Waals surface area contributed by atoms with Gasteiger partial charge in [-0.05, 0) is 83.9 Å². The molecule has 0 saturated carbocycles. The fourth-order valence-corrected chi connectivity index (χ4v) is 9.04. The van der Waals surface area contributed by atoms with Gasteiger partial charge in [0.15, 0.2) is 11.6 Å². The molecule has 72 heavy (non-hydrogen) atoms. The van der Waals surface area contributed by atoms with Crippen LogP contribution in [0.15, 0.2) is 84.9 Å². The van der Waals surface area contributed by atoms with Crippen molar-refractivity contribution >= 4 is 68.0 Å². The Hall–Kier alpha value is -7.20. The zero-order valence-corrected chi connectivity index (χ0v) is 39.9. The number of morpholine rings is 2. The summed E-state index contributed by atoms with van der Waals surface area (Å²) in [7, 11) is 2.89. The fourth-order valence-electron chi connectivity index (χ4n) is 8.53. The van der Waals surface area contributed by atoms with Crippen LogP contribution in [-0.2, 0) is 9.47 Å². The van der Waals surface area contributed by atoms with Gasteiger partial charge in [0.1, 0.15) is 46.5 Å². The van der Waals surface area contributed by atoms with Crippen molar-refractivity contribution in [2.75, 3.05) is 88.1 Å². The zero-order chi connectivity index (χ0) is 50.8. The highest BCUT2D eigenvalue weighted by Crippen LogP contribution is 2.41. The van der Waals surface area contributed by atoms with Gasteiger partial charge in [-0.1, -0.05) is 23.2 Å². The Kier molecular flexibility index (Phi) is 14.7. The Bertz CT molecular complexity index is 3080. The number of methoxy groups -OCH3 is 2. The molecule has 0 radical (unpaired) electrons. The number of nitrogens with zero attached hydrogens (tertiary/aromatic N) is 8. The van der Waals surface area contributed by atoms with Crippen LogP contribution in [0, 0.1) is 23.3 Å². The molecule has 0 unspecified atom stereocenters. The molecule has 0 aliphatic carbocycles. The second-order valence-electron chi connectivity index (χ2n) is 16.5. The Balaban J connectivity index is 0.000000178. The highest BCUT2D eigenvalue weighted by atomic mass is 35.5. The fraction of sp³-hybridized carbons (Fsp3) is 0.240. The summed E-state index contributed by atoms with van der Waals surface area (Å²) in [5.74, 6) is -1.84. The van der Waals surface area contributed by atoms with Crippen LogP contribution in [0.4, 0.5) is 40.6 Å². The van der Waals surface area contributed by atoms with E-state index < -0.39 is 35.5 Å². The van der Waals surface area contributed by atoms with Crippen molar-refractivity contribution in [1.29, 1.82) is 0 Å². The van der Waals surface area contributed by atoms with Crippen LogP contribution in [0.2, 0.25) is 10.0 Å². The van der Waals surface area contributed by atoms with Gasteiger partial charge in [0.05, 0.1) is 63.4 Å². The largest absolute Gasteiger partial charge is 0.480 e. The molecule has 10 rings (SSSR count). The summed E-state index contributed by atoms with van der Waals surface area (Å²) in [6, 6.07) is 20.7. The number of rotatable bonds is 10. The van der Waals surface area contributed by atoms with Gasteiger partial charge in [-0.3, -0.25) is 0 Å². The van der Waals surface area contributed by atoms with Crippen molar-refractivity contribution < 1.29 is 46.7 Å². The first-order valence-corrected chi connectivity index (χ1v) is 23.0. The van der Waals surface area contributed by atoms with Gasteiger partial charge in [-0.25, -0.2) is 27.5 Å². The predicted molar refractivity (Wildman–Crippen MR) is 264 cm³/mol. The molecule has 22 heteroatoms. The second kappa shape index (κ2) is 21.3. The van der Waals surface area contributed by atoms with Crippen molar-refractivity contribution in [3.63, 3.8) is 0 Å². The molecule has 2 aliphatic rings. The van der Waals surface area contributed by atoms with Crippen LogP contribution >= 0.6 is 23.2 Å². The average Bonchev–Trinajstić information content (AvgIpc) is 3.39. The summed E-state index contributed by atoms with van der Waals surface area (Å²) < 4.78 is 82.3. The lowest BCUT2D eigenvalue weighted by Crippen LogP contribution is -2.36. The summed E-state index contributed by atoms with van der Waals surface area (Å²) in [5, 5.41) is 38.2. The van der Waals surface area contributed by atoms with Gasteiger partial charge in [-0.2, -0.15) is 0 Å². The number of anilines is 4. The van der Waals surface area contributed by atoms with E-state index in [2.05, 4.69) is 30.4 Å². The number of aliphatic hydroxyl groups is 2. The number of nitrogens with two attached hydrogens (primary N) is 2. The molecule has 372 valence electrons. The number of fused-ring (bicyclic) bond motifs is 2. The minimum absolute atomic E-state index is 0.00603. The molecule has 2 aliphatic heterocycles. The molecule has 4 aromatic heterocycles. The van der Waals surface area contributed by atoms with Crippen LogP contribution < -0.4 is 30.7 Å². The minimum Gasteiger partial charge on any atom is -0.480 e. The molecule has 8 aromatic rings. The van der Waals surface area contributed by atoms with Gasteiger partial charge in [0, 0.05) is 81.4 Å². The molecular formula is C50H44Cl2F4N10O6. The number of aliphatic hydroxyl groups excluding tert-OH is 2. The van der Waals surface area contributed by atoms with Crippen LogP contribution in [0.3, 0.4) is 0 Å². The normalized spacial score (nSPS) is 14.8. The molecule has 2 saturated heterocycles. The van der Waals surface area contributed by atoms with Gasteiger partial charge in [0.25, 0.3) is 0 Å². The Labute approximate surface area is 418 Å². The van der Waals surface area contributed by atoms with E-state index in [0.29, 0.717) is 85.9 Å². The number of hydrogen-bond acceptors (Lipinski definition) is 16. The molecule has 0 amide bonds. The van der Waals surface area contributed by atoms with E-state index in [1.165, 1.54) is 62.8 Å². The van der Waals surface area contributed by atoms with E-state index in [4.69, 9.17) is 53.6 Å². The van der Waals surface area contributed by atoms with E-state index in [0.717, 1.165) is 12.1 Å². The number of benzene rings is 4. The summed E-state index contributed by atoms with van der Waals surface area (Å²) >= 11 is 12.6. The molecule has 2 fully saturated rings. The molecule has 16 nitrogen and oxygen atoms in total. The molecule has 6 N–H and O–H groups in total. The summed E-state index contributed by atoms with van der Waals surface area (Å²) in [5.41, 5.74) is 14.4. The summed E-state index contributed by atoms with van der Waals surface area (Å²) in [6.07, 6.45) is -2.60. The standard InChI is InChI=1S/2C25H22ClF2N5O3/c2*1-35-22-5-3-19(31-32-22)25(34)16-10-15(18(27)12-17(16)26)14-11-21(29)30-24-13(14)2-4-20(23(24)28)33-6-8-36-9-7-33/h2*2-5,10-12,25,34H,6-9H2,1H3,(H2,29,30)/t2*25-/m10/s1. The molecule has 0 spiro atoms. The topological polar surface area (TPSA) is 213 Å². The highest BCUT2D eigenvalue weighted by molar-refractivity contribution is 6.32.